The molecule has 150 valence electrons. The Hall–Kier alpha value is -2.02. The summed E-state index contributed by atoms with van der Waals surface area (Å²) in [7, 11) is 1.69. The van der Waals surface area contributed by atoms with Crippen molar-refractivity contribution in [2.75, 3.05) is 26.7 Å². The van der Waals surface area contributed by atoms with Gasteiger partial charge in [0.1, 0.15) is 17.4 Å². The lowest BCUT2D eigenvalue weighted by Crippen LogP contribution is -2.46. The maximum absolute atomic E-state index is 14.4. The third kappa shape index (κ3) is 3.90. The number of benzene rings is 2. The minimum atomic E-state index is -0.456. The molecule has 3 unspecified atom stereocenters. The van der Waals surface area contributed by atoms with Crippen molar-refractivity contribution in [1.29, 1.82) is 0 Å². The van der Waals surface area contributed by atoms with Crippen molar-refractivity contribution in [3.8, 4) is 5.75 Å². The van der Waals surface area contributed by atoms with Gasteiger partial charge in [-0.15, -0.1) is 0 Å². The molecule has 4 rings (SSSR count). The van der Waals surface area contributed by atoms with E-state index in [4.69, 9.17) is 4.74 Å². The van der Waals surface area contributed by atoms with Gasteiger partial charge in [0, 0.05) is 42.7 Å². The molecule has 0 bridgehead atoms. The van der Waals surface area contributed by atoms with Crippen LogP contribution >= 0.6 is 0 Å². The summed E-state index contributed by atoms with van der Waals surface area (Å²) in [6.07, 6.45) is 2.12. The summed E-state index contributed by atoms with van der Waals surface area (Å²) < 4.78 is 34.2. The zero-order valence-corrected chi connectivity index (χ0v) is 16.1. The van der Waals surface area contributed by atoms with Crippen LogP contribution < -0.4 is 15.6 Å². The summed E-state index contributed by atoms with van der Waals surface area (Å²) in [6, 6.07) is 12.2. The fourth-order valence-electron chi connectivity index (χ4n) is 4.71. The van der Waals surface area contributed by atoms with Gasteiger partial charge in [0.25, 0.3) is 0 Å². The Kier molecular flexibility index (Phi) is 5.90. The Labute approximate surface area is 164 Å². The van der Waals surface area contributed by atoms with Gasteiger partial charge in [-0.3, -0.25) is 15.8 Å². The first-order valence-corrected chi connectivity index (χ1v) is 9.94. The second-order valence-electron chi connectivity index (χ2n) is 7.74. The summed E-state index contributed by atoms with van der Waals surface area (Å²) in [5.41, 5.74) is 7.80. The first-order valence-electron chi connectivity index (χ1n) is 9.94. The highest BCUT2D eigenvalue weighted by Crippen LogP contribution is 2.34. The molecule has 2 aromatic carbocycles. The second kappa shape index (κ2) is 8.55. The molecule has 3 atom stereocenters. The fourth-order valence-corrected chi connectivity index (χ4v) is 4.71. The minimum absolute atomic E-state index is 0.00636. The number of nitrogens with zero attached hydrogens (tertiary/aromatic N) is 1. The number of nitrogens with one attached hydrogen (secondary N) is 2. The normalized spacial score (nSPS) is 25.8. The van der Waals surface area contributed by atoms with Gasteiger partial charge >= 0.3 is 0 Å². The molecular weight excluding hydrogens is 360 g/mol. The molecule has 0 amide bonds. The van der Waals surface area contributed by atoms with Crippen LogP contribution in [0.4, 0.5) is 8.78 Å². The van der Waals surface area contributed by atoms with Gasteiger partial charge < -0.3 is 4.74 Å². The summed E-state index contributed by atoms with van der Waals surface area (Å²) in [5.74, 6) is 0.0980. The van der Waals surface area contributed by atoms with Crippen LogP contribution in [0, 0.1) is 17.6 Å². The Morgan fingerprint density at radius 3 is 2.68 bits per heavy atom. The van der Waals surface area contributed by atoms with Gasteiger partial charge in [-0.25, -0.2) is 8.78 Å². The Balaban J connectivity index is 1.49. The Bertz CT molecular complexity index is 796. The van der Waals surface area contributed by atoms with Crippen LogP contribution in [0.2, 0.25) is 0 Å². The zero-order valence-electron chi connectivity index (χ0n) is 16.1. The lowest BCUT2D eigenvalue weighted by molar-refractivity contribution is 0.138. The van der Waals surface area contributed by atoms with E-state index in [1.54, 1.807) is 7.11 Å². The van der Waals surface area contributed by atoms with Gasteiger partial charge in [0.2, 0.25) is 0 Å². The molecule has 2 heterocycles. The van der Waals surface area contributed by atoms with E-state index < -0.39 is 11.6 Å². The SMILES string of the molecule is COc1ccccc1CN1CCCC(C2NNCC2c2c(F)cccc2F)C1. The molecule has 2 N–H and O–H groups in total. The smallest absolute Gasteiger partial charge is 0.129 e. The van der Waals surface area contributed by atoms with Crippen LogP contribution in [-0.4, -0.2) is 37.7 Å². The van der Waals surface area contributed by atoms with Crippen molar-refractivity contribution >= 4 is 0 Å². The number of likely N-dealkylation sites (tertiary alicyclic amines) is 1. The van der Waals surface area contributed by atoms with Gasteiger partial charge in [-0.1, -0.05) is 24.3 Å². The maximum atomic E-state index is 14.4. The zero-order chi connectivity index (χ0) is 19.5. The predicted molar refractivity (Wildman–Crippen MR) is 105 cm³/mol. The van der Waals surface area contributed by atoms with Crippen LogP contribution in [-0.2, 0) is 6.54 Å². The topological polar surface area (TPSA) is 36.5 Å². The van der Waals surface area contributed by atoms with Gasteiger partial charge in [-0.05, 0) is 43.5 Å². The standard InChI is InChI=1S/C22H27F2N3O/c1-28-20-10-3-2-6-15(20)13-27-11-5-7-16(14-27)22-17(12-25-26-22)21-18(23)8-4-9-19(21)24/h2-4,6,8-10,16-17,22,25-26H,5,7,11-14H2,1H3. The maximum Gasteiger partial charge on any atom is 0.129 e. The molecule has 2 aliphatic heterocycles. The summed E-state index contributed by atoms with van der Waals surface area (Å²) in [4.78, 5) is 2.42. The molecule has 2 fully saturated rings. The van der Waals surface area contributed by atoms with Crippen molar-refractivity contribution in [1.82, 2.24) is 15.8 Å². The number of ether oxygens (including phenoxy) is 1. The third-order valence-corrected chi connectivity index (χ3v) is 6.03. The second-order valence-corrected chi connectivity index (χ2v) is 7.74. The summed E-state index contributed by atoms with van der Waals surface area (Å²) >= 11 is 0. The van der Waals surface area contributed by atoms with Crippen molar-refractivity contribution in [3.05, 3.63) is 65.2 Å². The van der Waals surface area contributed by atoms with Crippen LogP contribution in [0.25, 0.3) is 0 Å². The number of methoxy groups -OCH3 is 1. The highest BCUT2D eigenvalue weighted by Gasteiger charge is 2.39. The Morgan fingerprint density at radius 2 is 1.89 bits per heavy atom. The lowest BCUT2D eigenvalue weighted by Gasteiger charge is -2.37. The molecule has 6 heteroatoms. The highest BCUT2D eigenvalue weighted by molar-refractivity contribution is 5.33. The van der Waals surface area contributed by atoms with Crippen LogP contribution in [0.3, 0.4) is 0 Å². The monoisotopic (exact) mass is 387 g/mol. The van der Waals surface area contributed by atoms with E-state index in [1.165, 1.54) is 23.8 Å². The average Bonchev–Trinajstić information content (AvgIpc) is 3.18. The van der Waals surface area contributed by atoms with Gasteiger partial charge in [0.15, 0.2) is 0 Å². The van der Waals surface area contributed by atoms with Crippen molar-refractivity contribution in [3.63, 3.8) is 0 Å². The number of para-hydroxylation sites is 1. The number of rotatable bonds is 5. The number of hydrogen-bond donors (Lipinski definition) is 2. The number of halogens is 2. The molecule has 0 aliphatic carbocycles. The summed E-state index contributed by atoms with van der Waals surface area (Å²) in [5, 5.41) is 0. The van der Waals surface area contributed by atoms with Crippen LogP contribution in [0.5, 0.6) is 5.75 Å². The molecule has 28 heavy (non-hydrogen) atoms. The fraction of sp³-hybridized carbons (Fsp3) is 0.455. The number of piperidine rings is 1. The summed E-state index contributed by atoms with van der Waals surface area (Å²) in [6.45, 7) is 3.27. The predicted octanol–water partition coefficient (Wildman–Crippen LogP) is 3.45. The van der Waals surface area contributed by atoms with E-state index in [0.717, 1.165) is 38.2 Å². The molecule has 0 radical (unpaired) electrons. The van der Waals surface area contributed by atoms with E-state index in [1.807, 2.05) is 18.2 Å². The number of hydrazine groups is 1. The van der Waals surface area contributed by atoms with Gasteiger partial charge in [0.05, 0.1) is 7.11 Å². The molecule has 2 aromatic rings. The average molecular weight is 387 g/mol. The molecule has 4 nitrogen and oxygen atoms in total. The lowest BCUT2D eigenvalue weighted by atomic mass is 9.80. The van der Waals surface area contributed by atoms with Crippen molar-refractivity contribution in [2.45, 2.75) is 31.3 Å². The third-order valence-electron chi connectivity index (χ3n) is 6.03. The van der Waals surface area contributed by atoms with Gasteiger partial charge in [-0.2, -0.15) is 0 Å². The van der Waals surface area contributed by atoms with E-state index in [0.29, 0.717) is 12.5 Å². The minimum Gasteiger partial charge on any atom is -0.496 e. The molecule has 0 spiro atoms. The molecular formula is C22H27F2N3O. The first kappa shape index (κ1) is 19.3. The van der Waals surface area contributed by atoms with Crippen molar-refractivity contribution < 1.29 is 13.5 Å². The van der Waals surface area contributed by atoms with E-state index in [2.05, 4.69) is 21.8 Å². The highest BCUT2D eigenvalue weighted by atomic mass is 19.1. The van der Waals surface area contributed by atoms with Crippen LogP contribution in [0.1, 0.15) is 29.9 Å². The van der Waals surface area contributed by atoms with E-state index >= 15 is 0 Å². The first-order chi connectivity index (χ1) is 13.7. The largest absolute Gasteiger partial charge is 0.496 e. The quantitative estimate of drug-likeness (QED) is 0.824. The molecule has 2 aliphatic rings. The molecule has 2 saturated heterocycles. The molecule has 0 aromatic heterocycles. The Morgan fingerprint density at radius 1 is 1.11 bits per heavy atom. The number of hydrogen-bond acceptors (Lipinski definition) is 4. The molecule has 0 saturated carbocycles. The van der Waals surface area contributed by atoms with Crippen molar-refractivity contribution in [2.24, 2.45) is 5.92 Å². The van der Waals surface area contributed by atoms with E-state index in [9.17, 15) is 8.78 Å². The van der Waals surface area contributed by atoms with Crippen LogP contribution in [0.15, 0.2) is 42.5 Å². The van der Waals surface area contributed by atoms with E-state index in [-0.39, 0.29) is 17.5 Å².